The molecule has 0 radical (unpaired) electrons. The summed E-state index contributed by atoms with van der Waals surface area (Å²) in [6.07, 6.45) is -1.12. The first-order chi connectivity index (χ1) is 11.5. The molecule has 1 unspecified atom stereocenters. The molecular weight excluding hydrogens is 319 g/mol. The summed E-state index contributed by atoms with van der Waals surface area (Å²) in [6.45, 7) is 2.99. The van der Waals surface area contributed by atoms with Crippen LogP contribution >= 0.6 is 0 Å². The molecule has 24 heavy (non-hydrogen) atoms. The maximum absolute atomic E-state index is 12.4. The van der Waals surface area contributed by atoms with Gasteiger partial charge in [0.05, 0.1) is 0 Å². The third-order valence-corrected chi connectivity index (χ3v) is 3.94. The first kappa shape index (κ1) is 16.7. The molecule has 1 aromatic heterocycles. The van der Waals surface area contributed by atoms with Crippen LogP contribution < -0.4 is 10.1 Å². The minimum Gasteiger partial charge on any atom is -0.406 e. The highest BCUT2D eigenvalue weighted by molar-refractivity contribution is 5.29. The predicted octanol–water partition coefficient (Wildman–Crippen LogP) is 3.13. The summed E-state index contributed by atoms with van der Waals surface area (Å²) in [5.74, 6) is -0.187. The van der Waals surface area contributed by atoms with Crippen LogP contribution in [0.25, 0.3) is 0 Å². The Morgan fingerprint density at radius 1 is 1.25 bits per heavy atom. The second-order valence-corrected chi connectivity index (χ2v) is 5.67. The van der Waals surface area contributed by atoms with Gasteiger partial charge in [-0.1, -0.05) is 18.2 Å². The van der Waals surface area contributed by atoms with Gasteiger partial charge in [-0.05, 0) is 29.3 Å². The summed E-state index contributed by atoms with van der Waals surface area (Å²) in [6, 6.07) is 10.2. The van der Waals surface area contributed by atoms with Crippen molar-refractivity contribution in [2.45, 2.75) is 18.9 Å². The van der Waals surface area contributed by atoms with Crippen LogP contribution in [0.15, 0.2) is 48.8 Å². The van der Waals surface area contributed by atoms with Crippen molar-refractivity contribution in [2.24, 2.45) is 0 Å². The van der Waals surface area contributed by atoms with Crippen LogP contribution in [0, 0.1) is 0 Å². The fourth-order valence-electron chi connectivity index (χ4n) is 2.91. The average molecular weight is 337 g/mol. The van der Waals surface area contributed by atoms with Gasteiger partial charge in [-0.25, -0.2) is 0 Å². The van der Waals surface area contributed by atoms with Gasteiger partial charge in [0.15, 0.2) is 0 Å². The van der Waals surface area contributed by atoms with E-state index in [-0.39, 0.29) is 11.8 Å². The molecule has 0 bridgehead atoms. The molecular formula is C17H18F3N3O. The summed E-state index contributed by atoms with van der Waals surface area (Å²) < 4.78 is 41.1. The normalized spacial score (nSPS) is 19.2. The van der Waals surface area contributed by atoms with Crippen LogP contribution in [-0.4, -0.2) is 35.9 Å². The molecule has 1 aliphatic heterocycles. The van der Waals surface area contributed by atoms with Crippen molar-refractivity contribution in [3.63, 3.8) is 0 Å². The first-order valence-corrected chi connectivity index (χ1v) is 7.71. The lowest BCUT2D eigenvalue weighted by Crippen LogP contribution is -2.45. The number of nitrogens with one attached hydrogen (secondary N) is 1. The van der Waals surface area contributed by atoms with E-state index in [0.29, 0.717) is 6.54 Å². The number of pyridine rings is 1. The lowest BCUT2D eigenvalue weighted by atomic mass is 10.0. The van der Waals surface area contributed by atoms with E-state index in [0.717, 1.165) is 30.8 Å². The van der Waals surface area contributed by atoms with Gasteiger partial charge in [0.1, 0.15) is 5.75 Å². The van der Waals surface area contributed by atoms with E-state index in [1.165, 1.54) is 12.1 Å². The summed E-state index contributed by atoms with van der Waals surface area (Å²) in [4.78, 5) is 6.39. The Hall–Kier alpha value is -2.12. The Bertz CT molecular complexity index is 664. The predicted molar refractivity (Wildman–Crippen MR) is 83.4 cm³/mol. The molecule has 3 rings (SSSR count). The van der Waals surface area contributed by atoms with Crippen LogP contribution in [0.2, 0.25) is 0 Å². The number of aromatic nitrogens is 1. The molecule has 2 heterocycles. The van der Waals surface area contributed by atoms with E-state index < -0.39 is 6.36 Å². The molecule has 0 saturated carbocycles. The fourth-order valence-corrected chi connectivity index (χ4v) is 2.91. The van der Waals surface area contributed by atoms with Gasteiger partial charge in [0.25, 0.3) is 0 Å². The summed E-state index contributed by atoms with van der Waals surface area (Å²) >= 11 is 0. The number of halogens is 3. The van der Waals surface area contributed by atoms with E-state index in [9.17, 15) is 13.2 Å². The molecule has 4 nitrogen and oxygen atoms in total. The van der Waals surface area contributed by atoms with Gasteiger partial charge < -0.3 is 10.1 Å². The van der Waals surface area contributed by atoms with Gasteiger partial charge in [-0.2, -0.15) is 0 Å². The molecule has 128 valence electrons. The Kier molecular flexibility index (Phi) is 5.01. The molecule has 0 aliphatic carbocycles. The number of nitrogens with zero attached hydrogens (tertiary/aromatic N) is 2. The van der Waals surface area contributed by atoms with E-state index in [4.69, 9.17) is 0 Å². The smallest absolute Gasteiger partial charge is 0.406 e. The van der Waals surface area contributed by atoms with Crippen molar-refractivity contribution in [3.05, 3.63) is 59.9 Å². The topological polar surface area (TPSA) is 37.4 Å². The number of piperazine rings is 1. The second kappa shape index (κ2) is 7.19. The number of benzene rings is 1. The molecule has 1 fully saturated rings. The van der Waals surface area contributed by atoms with Crippen molar-refractivity contribution in [1.29, 1.82) is 0 Å². The molecule has 1 atom stereocenters. The highest BCUT2D eigenvalue weighted by Crippen LogP contribution is 2.27. The molecule has 1 N–H and O–H groups in total. The third kappa shape index (κ3) is 4.46. The Morgan fingerprint density at radius 2 is 2.12 bits per heavy atom. The second-order valence-electron chi connectivity index (χ2n) is 5.67. The van der Waals surface area contributed by atoms with Gasteiger partial charge >= 0.3 is 6.36 Å². The summed E-state index contributed by atoms with van der Waals surface area (Å²) in [5.41, 5.74) is 1.87. The lowest BCUT2D eigenvalue weighted by molar-refractivity contribution is -0.274. The van der Waals surface area contributed by atoms with Crippen molar-refractivity contribution in [1.82, 2.24) is 15.2 Å². The van der Waals surface area contributed by atoms with Crippen LogP contribution in [0.4, 0.5) is 13.2 Å². The number of alkyl halides is 3. The highest BCUT2D eigenvalue weighted by Gasteiger charge is 2.31. The highest BCUT2D eigenvalue weighted by atomic mass is 19.4. The Balaban J connectivity index is 1.75. The van der Waals surface area contributed by atoms with Gasteiger partial charge in [0, 0.05) is 44.6 Å². The van der Waals surface area contributed by atoms with Crippen LogP contribution in [0.3, 0.4) is 0 Å². The molecule has 1 aliphatic rings. The van der Waals surface area contributed by atoms with Gasteiger partial charge in [-0.15, -0.1) is 13.2 Å². The quantitative estimate of drug-likeness (QED) is 0.930. The maximum Gasteiger partial charge on any atom is 0.573 e. The molecule has 7 heteroatoms. The fraction of sp³-hybridized carbons (Fsp3) is 0.353. The zero-order valence-corrected chi connectivity index (χ0v) is 13.0. The van der Waals surface area contributed by atoms with Gasteiger partial charge in [0.2, 0.25) is 0 Å². The molecule has 2 aromatic rings. The lowest BCUT2D eigenvalue weighted by Gasteiger charge is -2.36. The standard InChI is InChI=1S/C17H18F3N3O/c18-17(19,20)24-15-5-1-3-13(9-15)12-23-8-7-22-11-16(23)14-4-2-6-21-10-14/h1-6,9-10,16,22H,7-8,11-12H2. The van der Waals surface area contributed by atoms with E-state index in [2.05, 4.69) is 19.9 Å². The van der Waals surface area contributed by atoms with Crippen LogP contribution in [0.1, 0.15) is 17.2 Å². The Morgan fingerprint density at radius 3 is 2.88 bits per heavy atom. The van der Waals surface area contributed by atoms with Crippen LogP contribution in [0.5, 0.6) is 5.75 Å². The third-order valence-electron chi connectivity index (χ3n) is 3.94. The van der Waals surface area contributed by atoms with E-state index >= 15 is 0 Å². The molecule has 1 aromatic carbocycles. The number of rotatable bonds is 4. The van der Waals surface area contributed by atoms with E-state index in [1.54, 1.807) is 12.3 Å². The minimum atomic E-state index is -4.67. The van der Waals surface area contributed by atoms with Crippen molar-refractivity contribution in [2.75, 3.05) is 19.6 Å². The summed E-state index contributed by atoms with van der Waals surface area (Å²) in [7, 11) is 0. The molecule has 1 saturated heterocycles. The summed E-state index contributed by atoms with van der Waals surface area (Å²) in [5, 5.41) is 3.35. The monoisotopic (exact) mass is 337 g/mol. The van der Waals surface area contributed by atoms with Crippen molar-refractivity contribution < 1.29 is 17.9 Å². The van der Waals surface area contributed by atoms with Gasteiger partial charge in [-0.3, -0.25) is 9.88 Å². The molecule has 0 amide bonds. The SMILES string of the molecule is FC(F)(F)Oc1cccc(CN2CCNCC2c2cccnc2)c1. The zero-order valence-electron chi connectivity index (χ0n) is 13.0. The largest absolute Gasteiger partial charge is 0.573 e. The zero-order chi connectivity index (χ0) is 17.0. The average Bonchev–Trinajstić information content (AvgIpc) is 2.55. The van der Waals surface area contributed by atoms with Crippen LogP contribution in [-0.2, 0) is 6.54 Å². The maximum atomic E-state index is 12.4. The number of hydrogen-bond donors (Lipinski definition) is 1. The number of ether oxygens (including phenoxy) is 1. The van der Waals surface area contributed by atoms with Crippen molar-refractivity contribution in [3.8, 4) is 5.75 Å². The molecule has 0 spiro atoms. The first-order valence-electron chi connectivity index (χ1n) is 7.71. The number of hydrogen-bond acceptors (Lipinski definition) is 4. The van der Waals surface area contributed by atoms with E-state index in [1.807, 2.05) is 24.4 Å². The van der Waals surface area contributed by atoms with Crippen molar-refractivity contribution >= 4 is 0 Å². The Labute approximate surface area is 138 Å². The minimum absolute atomic E-state index is 0.139.